The Morgan fingerprint density at radius 3 is 2.62 bits per heavy atom. The van der Waals surface area contributed by atoms with E-state index in [1.54, 1.807) is 0 Å². The van der Waals surface area contributed by atoms with E-state index in [1.807, 2.05) is 0 Å². The predicted octanol–water partition coefficient (Wildman–Crippen LogP) is 1.58. The zero-order valence-electron chi connectivity index (χ0n) is 8.33. The highest BCUT2D eigenvalue weighted by Gasteiger charge is 2.16. The van der Waals surface area contributed by atoms with E-state index in [-0.39, 0.29) is 0 Å². The van der Waals surface area contributed by atoms with Crippen LogP contribution in [0.25, 0.3) is 0 Å². The Kier molecular flexibility index (Phi) is 4.22. The SMILES string of the molecule is CN1CCC(CCCC(=O)O)CC1. The van der Waals surface area contributed by atoms with E-state index in [9.17, 15) is 4.79 Å². The molecule has 0 aromatic rings. The highest BCUT2D eigenvalue weighted by molar-refractivity contribution is 5.66. The van der Waals surface area contributed by atoms with Gasteiger partial charge in [0.2, 0.25) is 0 Å². The number of carbonyl (C=O) groups is 1. The van der Waals surface area contributed by atoms with Crippen LogP contribution in [0.1, 0.15) is 32.1 Å². The van der Waals surface area contributed by atoms with Gasteiger partial charge in [0.15, 0.2) is 0 Å². The van der Waals surface area contributed by atoms with E-state index in [0.29, 0.717) is 6.42 Å². The number of piperidine rings is 1. The number of nitrogens with zero attached hydrogens (tertiary/aromatic N) is 1. The highest BCUT2D eigenvalue weighted by atomic mass is 16.4. The van der Waals surface area contributed by atoms with Crippen LogP contribution in [0, 0.1) is 5.92 Å². The molecule has 0 spiro atoms. The third-order valence-electron chi connectivity index (χ3n) is 2.84. The lowest BCUT2D eigenvalue weighted by molar-refractivity contribution is -0.137. The van der Waals surface area contributed by atoms with Gasteiger partial charge in [0, 0.05) is 6.42 Å². The van der Waals surface area contributed by atoms with Crippen LogP contribution >= 0.6 is 0 Å². The lowest BCUT2D eigenvalue weighted by Gasteiger charge is -2.28. The van der Waals surface area contributed by atoms with Crippen LogP contribution in [0.5, 0.6) is 0 Å². The van der Waals surface area contributed by atoms with Gasteiger partial charge >= 0.3 is 5.97 Å². The van der Waals surface area contributed by atoms with Crippen LogP contribution in [0.4, 0.5) is 0 Å². The van der Waals surface area contributed by atoms with Gasteiger partial charge in [0.05, 0.1) is 0 Å². The van der Waals surface area contributed by atoms with Crippen molar-refractivity contribution in [3.05, 3.63) is 0 Å². The Bertz CT molecular complexity index is 162. The summed E-state index contributed by atoms with van der Waals surface area (Å²) in [6.07, 6.45) is 4.78. The third kappa shape index (κ3) is 4.27. The molecular weight excluding hydrogens is 166 g/mol. The van der Waals surface area contributed by atoms with Gasteiger partial charge in [-0.3, -0.25) is 4.79 Å². The standard InChI is InChI=1S/C10H19NO2/c1-11-7-5-9(6-8-11)3-2-4-10(12)13/h9H,2-8H2,1H3,(H,12,13). The van der Waals surface area contributed by atoms with Crippen molar-refractivity contribution in [1.29, 1.82) is 0 Å². The Labute approximate surface area is 79.7 Å². The summed E-state index contributed by atoms with van der Waals surface area (Å²) in [5.74, 6) is 0.114. The molecule has 1 rings (SSSR count). The van der Waals surface area contributed by atoms with Crippen LogP contribution in [0.15, 0.2) is 0 Å². The van der Waals surface area contributed by atoms with Crippen LogP contribution in [-0.4, -0.2) is 36.1 Å². The Morgan fingerprint density at radius 1 is 1.46 bits per heavy atom. The zero-order valence-corrected chi connectivity index (χ0v) is 8.33. The van der Waals surface area contributed by atoms with Gasteiger partial charge in [-0.2, -0.15) is 0 Å². The summed E-state index contributed by atoms with van der Waals surface area (Å²) in [7, 11) is 2.15. The molecule has 76 valence electrons. The first-order valence-corrected chi connectivity index (χ1v) is 5.09. The quantitative estimate of drug-likeness (QED) is 0.723. The number of carboxylic acid groups (broad SMARTS) is 1. The second kappa shape index (κ2) is 5.22. The molecule has 3 heteroatoms. The molecule has 0 unspecified atom stereocenters. The van der Waals surface area contributed by atoms with Crippen molar-refractivity contribution in [2.45, 2.75) is 32.1 Å². The molecule has 1 heterocycles. The maximum Gasteiger partial charge on any atom is 0.303 e. The highest BCUT2D eigenvalue weighted by Crippen LogP contribution is 2.21. The van der Waals surface area contributed by atoms with Crippen molar-refractivity contribution >= 4 is 5.97 Å². The first-order valence-electron chi connectivity index (χ1n) is 5.09. The van der Waals surface area contributed by atoms with Crippen molar-refractivity contribution in [3.63, 3.8) is 0 Å². The largest absolute Gasteiger partial charge is 0.481 e. The van der Waals surface area contributed by atoms with Crippen molar-refractivity contribution in [2.24, 2.45) is 5.92 Å². The molecule has 1 aliphatic rings. The molecule has 0 atom stereocenters. The fraction of sp³-hybridized carbons (Fsp3) is 0.900. The van der Waals surface area contributed by atoms with Gasteiger partial charge in [0.25, 0.3) is 0 Å². The molecule has 0 aliphatic carbocycles. The number of carboxylic acids is 1. The first-order chi connectivity index (χ1) is 6.18. The van der Waals surface area contributed by atoms with E-state index in [2.05, 4.69) is 11.9 Å². The fourth-order valence-electron chi connectivity index (χ4n) is 1.89. The van der Waals surface area contributed by atoms with Crippen molar-refractivity contribution in [3.8, 4) is 0 Å². The van der Waals surface area contributed by atoms with Crippen molar-refractivity contribution < 1.29 is 9.90 Å². The topological polar surface area (TPSA) is 40.5 Å². The minimum atomic E-state index is -0.659. The number of aliphatic carboxylic acids is 1. The zero-order chi connectivity index (χ0) is 9.68. The second-order valence-electron chi connectivity index (χ2n) is 4.03. The third-order valence-corrected chi connectivity index (χ3v) is 2.84. The summed E-state index contributed by atoms with van der Waals surface area (Å²) in [6, 6.07) is 0. The van der Waals surface area contributed by atoms with Gasteiger partial charge in [0.1, 0.15) is 0 Å². The summed E-state index contributed by atoms with van der Waals surface area (Å²) in [5, 5.41) is 8.48. The van der Waals surface area contributed by atoms with E-state index in [4.69, 9.17) is 5.11 Å². The van der Waals surface area contributed by atoms with Crippen molar-refractivity contribution in [1.82, 2.24) is 4.90 Å². The van der Waals surface area contributed by atoms with Gasteiger partial charge in [-0.15, -0.1) is 0 Å². The van der Waals surface area contributed by atoms with Gasteiger partial charge < -0.3 is 10.0 Å². The summed E-state index contributed by atoms with van der Waals surface area (Å²) in [4.78, 5) is 12.6. The molecule has 0 aromatic carbocycles. The summed E-state index contributed by atoms with van der Waals surface area (Å²) in [6.45, 7) is 2.36. The molecule has 1 N–H and O–H groups in total. The van der Waals surface area contributed by atoms with Gasteiger partial charge in [-0.25, -0.2) is 0 Å². The molecule has 0 radical (unpaired) electrons. The first kappa shape index (κ1) is 10.5. The Balaban J connectivity index is 2.05. The maximum atomic E-state index is 10.3. The molecule has 13 heavy (non-hydrogen) atoms. The molecular formula is C10H19NO2. The van der Waals surface area contributed by atoms with E-state index >= 15 is 0 Å². The smallest absolute Gasteiger partial charge is 0.303 e. The molecule has 1 aliphatic heterocycles. The maximum absolute atomic E-state index is 10.3. The Hall–Kier alpha value is -0.570. The average molecular weight is 185 g/mol. The van der Waals surface area contributed by atoms with E-state index in [1.165, 1.54) is 25.9 Å². The second-order valence-corrected chi connectivity index (χ2v) is 4.03. The molecule has 1 fully saturated rings. The Morgan fingerprint density at radius 2 is 2.08 bits per heavy atom. The summed E-state index contributed by atoms with van der Waals surface area (Å²) < 4.78 is 0. The van der Waals surface area contributed by atoms with Crippen LogP contribution in [-0.2, 0) is 4.79 Å². The van der Waals surface area contributed by atoms with Crippen LogP contribution in [0.2, 0.25) is 0 Å². The van der Waals surface area contributed by atoms with Gasteiger partial charge in [-0.05, 0) is 51.7 Å². The van der Waals surface area contributed by atoms with Gasteiger partial charge in [-0.1, -0.05) is 0 Å². The monoisotopic (exact) mass is 185 g/mol. The number of hydrogen-bond acceptors (Lipinski definition) is 2. The van der Waals surface area contributed by atoms with Crippen molar-refractivity contribution in [2.75, 3.05) is 20.1 Å². The number of likely N-dealkylation sites (tertiary alicyclic amines) is 1. The number of hydrogen-bond donors (Lipinski definition) is 1. The molecule has 0 amide bonds. The lowest BCUT2D eigenvalue weighted by atomic mass is 9.92. The van der Waals surface area contributed by atoms with Crippen LogP contribution < -0.4 is 0 Å². The summed E-state index contributed by atoms with van der Waals surface area (Å²) >= 11 is 0. The van der Waals surface area contributed by atoms with E-state index < -0.39 is 5.97 Å². The molecule has 0 aromatic heterocycles. The van der Waals surface area contributed by atoms with E-state index in [0.717, 1.165) is 18.8 Å². The number of rotatable bonds is 4. The molecule has 1 saturated heterocycles. The average Bonchev–Trinajstić information content (AvgIpc) is 2.08. The molecule has 0 saturated carbocycles. The van der Waals surface area contributed by atoms with Crippen LogP contribution in [0.3, 0.4) is 0 Å². The minimum Gasteiger partial charge on any atom is -0.481 e. The predicted molar refractivity (Wildman–Crippen MR) is 51.7 cm³/mol. The molecule has 3 nitrogen and oxygen atoms in total. The normalized spacial score (nSPS) is 20.4. The fourth-order valence-corrected chi connectivity index (χ4v) is 1.89. The minimum absolute atomic E-state index is 0.340. The molecule has 0 bridgehead atoms. The lowest BCUT2D eigenvalue weighted by Crippen LogP contribution is -2.30. The summed E-state index contributed by atoms with van der Waals surface area (Å²) in [5.41, 5.74) is 0.